The lowest BCUT2D eigenvalue weighted by atomic mass is 10.2. The molecular weight excluding hydrogens is 358 g/mol. The molecule has 7 nitrogen and oxygen atoms in total. The van der Waals surface area contributed by atoms with Gasteiger partial charge in [-0.2, -0.15) is 5.10 Å². The summed E-state index contributed by atoms with van der Waals surface area (Å²) in [6, 6.07) is 18.9. The highest BCUT2D eigenvalue weighted by Gasteiger charge is 2.11. The molecule has 0 unspecified atom stereocenters. The van der Waals surface area contributed by atoms with Gasteiger partial charge in [-0.25, -0.2) is 5.43 Å². The second-order valence-corrected chi connectivity index (χ2v) is 5.98. The minimum absolute atomic E-state index is 0.101. The highest BCUT2D eigenvalue weighted by atomic mass is 16.4. The Balaban J connectivity index is 1.49. The Bertz CT molecular complexity index is 1150. The summed E-state index contributed by atoms with van der Waals surface area (Å²) < 4.78 is 7.30. The largest absolute Gasteiger partial charge is 0.545 e. The SMILES string of the molecule is O=C([O-])c1ccc(-n2cccc2C=NNC(=O)c2cc3ccccc3o2)cc1. The van der Waals surface area contributed by atoms with Crippen molar-refractivity contribution < 1.29 is 19.1 Å². The normalized spacial score (nSPS) is 11.1. The highest BCUT2D eigenvalue weighted by molar-refractivity contribution is 5.96. The Morgan fingerprint density at radius 3 is 2.57 bits per heavy atom. The van der Waals surface area contributed by atoms with Crippen LogP contribution in [0.1, 0.15) is 26.6 Å². The maximum atomic E-state index is 12.2. The molecule has 0 fully saturated rings. The number of benzene rings is 2. The minimum atomic E-state index is -1.23. The predicted octanol–water partition coefficient (Wildman–Crippen LogP) is 2.35. The third-order valence-electron chi connectivity index (χ3n) is 4.17. The van der Waals surface area contributed by atoms with E-state index in [0.717, 1.165) is 11.1 Å². The van der Waals surface area contributed by atoms with E-state index in [9.17, 15) is 14.7 Å². The van der Waals surface area contributed by atoms with Crippen molar-refractivity contribution in [1.29, 1.82) is 0 Å². The molecule has 0 saturated carbocycles. The molecule has 0 spiro atoms. The van der Waals surface area contributed by atoms with Crippen LogP contribution in [0, 0.1) is 0 Å². The molecule has 0 aliphatic heterocycles. The predicted molar refractivity (Wildman–Crippen MR) is 101 cm³/mol. The first kappa shape index (κ1) is 17.3. The van der Waals surface area contributed by atoms with Crippen LogP contribution < -0.4 is 10.5 Å². The fourth-order valence-corrected chi connectivity index (χ4v) is 2.80. The highest BCUT2D eigenvalue weighted by Crippen LogP contribution is 2.18. The van der Waals surface area contributed by atoms with Crippen molar-refractivity contribution in [2.24, 2.45) is 5.10 Å². The second-order valence-electron chi connectivity index (χ2n) is 5.98. The standard InChI is InChI=1S/C21H15N3O4/c25-20(19-12-15-4-1-2-6-18(15)28-19)23-22-13-17-5-3-11-24(17)16-9-7-14(8-10-16)21(26)27/h1-13H,(H,23,25)(H,26,27)/p-1. The first-order chi connectivity index (χ1) is 13.6. The number of hydrogen-bond acceptors (Lipinski definition) is 5. The Labute approximate surface area is 159 Å². The van der Waals surface area contributed by atoms with Gasteiger partial charge in [-0.3, -0.25) is 4.79 Å². The number of carbonyl (C=O) groups excluding carboxylic acids is 2. The van der Waals surface area contributed by atoms with E-state index in [0.29, 0.717) is 11.3 Å². The van der Waals surface area contributed by atoms with Crippen LogP contribution in [0.25, 0.3) is 16.7 Å². The molecule has 0 saturated heterocycles. The molecule has 138 valence electrons. The zero-order valence-corrected chi connectivity index (χ0v) is 14.5. The second kappa shape index (κ2) is 7.24. The third-order valence-corrected chi connectivity index (χ3v) is 4.17. The monoisotopic (exact) mass is 372 g/mol. The average Bonchev–Trinajstić information content (AvgIpc) is 3.35. The van der Waals surface area contributed by atoms with Crippen molar-refractivity contribution in [3.63, 3.8) is 0 Å². The van der Waals surface area contributed by atoms with Gasteiger partial charge in [0, 0.05) is 17.3 Å². The van der Waals surface area contributed by atoms with Gasteiger partial charge in [0.05, 0.1) is 17.9 Å². The molecule has 7 heteroatoms. The first-order valence-electron chi connectivity index (χ1n) is 8.43. The number of furan rings is 1. The van der Waals surface area contributed by atoms with Gasteiger partial charge >= 0.3 is 5.91 Å². The number of amides is 1. The molecule has 0 atom stereocenters. The van der Waals surface area contributed by atoms with Crippen molar-refractivity contribution in [3.05, 3.63) is 89.9 Å². The number of nitrogens with one attached hydrogen (secondary N) is 1. The van der Waals surface area contributed by atoms with Gasteiger partial charge in [0.2, 0.25) is 0 Å². The summed E-state index contributed by atoms with van der Waals surface area (Å²) in [4.78, 5) is 23.1. The lowest BCUT2D eigenvalue weighted by Gasteiger charge is -2.08. The molecule has 0 aliphatic carbocycles. The summed E-state index contributed by atoms with van der Waals surface area (Å²) in [6.45, 7) is 0. The van der Waals surface area contributed by atoms with Gasteiger partial charge in [-0.15, -0.1) is 0 Å². The molecule has 4 rings (SSSR count). The lowest BCUT2D eigenvalue weighted by molar-refractivity contribution is -0.255. The third kappa shape index (κ3) is 3.41. The van der Waals surface area contributed by atoms with Crippen LogP contribution in [0.15, 0.2) is 82.4 Å². The summed E-state index contributed by atoms with van der Waals surface area (Å²) in [5, 5.41) is 15.7. The summed E-state index contributed by atoms with van der Waals surface area (Å²) in [5.41, 5.74) is 4.62. The van der Waals surface area contributed by atoms with Crippen molar-refractivity contribution in [1.82, 2.24) is 9.99 Å². The van der Waals surface area contributed by atoms with E-state index < -0.39 is 11.9 Å². The van der Waals surface area contributed by atoms with Gasteiger partial charge in [0.15, 0.2) is 5.76 Å². The topological polar surface area (TPSA) is 99.7 Å². The van der Waals surface area contributed by atoms with Gasteiger partial charge in [0.1, 0.15) is 5.58 Å². The maximum Gasteiger partial charge on any atom is 0.307 e. The molecule has 2 aromatic heterocycles. The van der Waals surface area contributed by atoms with Crippen LogP contribution >= 0.6 is 0 Å². The van der Waals surface area contributed by atoms with Gasteiger partial charge in [0.25, 0.3) is 0 Å². The Morgan fingerprint density at radius 2 is 1.82 bits per heavy atom. The number of fused-ring (bicyclic) bond motifs is 1. The number of aromatic carboxylic acids is 1. The van der Waals surface area contributed by atoms with Crippen molar-refractivity contribution in [2.75, 3.05) is 0 Å². The number of rotatable bonds is 5. The molecule has 4 aromatic rings. The number of hydrazone groups is 1. The Kier molecular flexibility index (Phi) is 4.47. The summed E-state index contributed by atoms with van der Waals surface area (Å²) in [5.74, 6) is -1.51. The quantitative estimate of drug-likeness (QED) is 0.429. The average molecular weight is 372 g/mol. The van der Waals surface area contributed by atoms with Crippen LogP contribution in [0.2, 0.25) is 0 Å². The molecule has 1 N–H and O–H groups in total. The Hall–Kier alpha value is -4.13. The van der Waals surface area contributed by atoms with Crippen LogP contribution in [0.4, 0.5) is 0 Å². The first-order valence-corrected chi connectivity index (χ1v) is 8.43. The van der Waals surface area contributed by atoms with E-state index in [-0.39, 0.29) is 11.3 Å². The van der Waals surface area contributed by atoms with Gasteiger partial charge in [-0.1, -0.05) is 30.3 Å². The molecule has 0 radical (unpaired) electrons. The van der Waals surface area contributed by atoms with E-state index in [2.05, 4.69) is 10.5 Å². The molecule has 1 amide bonds. The van der Waals surface area contributed by atoms with Gasteiger partial charge in [-0.05, 0) is 42.0 Å². The molecule has 0 bridgehead atoms. The number of carbonyl (C=O) groups is 2. The summed E-state index contributed by atoms with van der Waals surface area (Å²) in [7, 11) is 0. The molecule has 0 aliphatic rings. The minimum Gasteiger partial charge on any atom is -0.545 e. The number of hydrogen-bond donors (Lipinski definition) is 1. The molecule has 2 aromatic carbocycles. The van der Waals surface area contributed by atoms with E-state index in [1.165, 1.54) is 18.3 Å². The number of carboxylic acid groups (broad SMARTS) is 1. The number of aromatic nitrogens is 1. The molecular formula is C21H14N3O4-. The fourth-order valence-electron chi connectivity index (χ4n) is 2.80. The van der Waals surface area contributed by atoms with E-state index in [1.807, 2.05) is 30.3 Å². The van der Waals surface area contributed by atoms with E-state index in [1.54, 1.807) is 35.0 Å². The smallest absolute Gasteiger partial charge is 0.307 e. The molecule has 28 heavy (non-hydrogen) atoms. The van der Waals surface area contributed by atoms with Crippen molar-refractivity contribution in [3.8, 4) is 5.69 Å². The van der Waals surface area contributed by atoms with Crippen LogP contribution in [-0.4, -0.2) is 22.7 Å². The Morgan fingerprint density at radius 1 is 1.04 bits per heavy atom. The van der Waals surface area contributed by atoms with E-state index >= 15 is 0 Å². The van der Waals surface area contributed by atoms with E-state index in [4.69, 9.17) is 4.42 Å². The lowest BCUT2D eigenvalue weighted by Crippen LogP contribution is -2.22. The number of carboxylic acids is 1. The fraction of sp³-hybridized carbons (Fsp3) is 0. The van der Waals surface area contributed by atoms with Crippen LogP contribution in [0.3, 0.4) is 0 Å². The molecule has 2 heterocycles. The zero-order valence-electron chi connectivity index (χ0n) is 14.5. The maximum absolute atomic E-state index is 12.2. The number of nitrogens with zero attached hydrogens (tertiary/aromatic N) is 2. The van der Waals surface area contributed by atoms with Gasteiger partial charge < -0.3 is 18.9 Å². The van der Waals surface area contributed by atoms with Crippen molar-refractivity contribution in [2.45, 2.75) is 0 Å². The number of para-hydroxylation sites is 1. The zero-order chi connectivity index (χ0) is 19.5. The summed E-state index contributed by atoms with van der Waals surface area (Å²) >= 11 is 0. The summed E-state index contributed by atoms with van der Waals surface area (Å²) in [6.07, 6.45) is 3.30. The van der Waals surface area contributed by atoms with Crippen molar-refractivity contribution >= 4 is 29.1 Å². The van der Waals surface area contributed by atoms with Crippen LogP contribution in [-0.2, 0) is 0 Å². The van der Waals surface area contributed by atoms with Crippen LogP contribution in [0.5, 0.6) is 0 Å².